The summed E-state index contributed by atoms with van der Waals surface area (Å²) in [6.45, 7) is 5.47. The van der Waals surface area contributed by atoms with E-state index in [-0.39, 0.29) is 25.8 Å². The molecule has 8 nitrogen and oxygen atoms in total. The molecule has 9 heteroatoms. The molecule has 0 spiro atoms. The number of hydrogen-bond acceptors (Lipinski definition) is 7. The second-order valence-electron chi connectivity index (χ2n) is 20.0. The highest BCUT2D eigenvalue weighted by Crippen LogP contribution is 2.38. The number of esters is 1. The van der Waals surface area contributed by atoms with Crippen LogP contribution in [0.15, 0.2) is 12.2 Å². The van der Waals surface area contributed by atoms with Crippen molar-refractivity contribution in [1.29, 1.82) is 0 Å². The van der Waals surface area contributed by atoms with E-state index in [1.54, 1.807) is 0 Å². The Labute approximate surface area is 392 Å². The van der Waals surface area contributed by atoms with Gasteiger partial charge in [0.25, 0.3) is 7.82 Å². The minimum atomic E-state index is -4.53. The van der Waals surface area contributed by atoms with Gasteiger partial charge in [-0.3, -0.25) is 9.36 Å². The first kappa shape index (κ1) is 62.2. The first-order chi connectivity index (χ1) is 30.6. The molecule has 2 atom stereocenters. The van der Waals surface area contributed by atoms with Crippen LogP contribution in [-0.4, -0.2) is 70.7 Å². The third-order valence-corrected chi connectivity index (χ3v) is 13.3. The number of carbonyl (C=O) groups excluding carboxylic acids is 1. The average molecular weight is 914 g/mol. The highest BCUT2D eigenvalue weighted by Gasteiger charge is 2.20. The molecule has 0 aliphatic heterocycles. The van der Waals surface area contributed by atoms with Gasteiger partial charge < -0.3 is 27.9 Å². The third-order valence-electron chi connectivity index (χ3n) is 12.3. The number of unbranched alkanes of at least 4 members (excludes halogenated alkanes) is 36. The van der Waals surface area contributed by atoms with Gasteiger partial charge in [0.05, 0.1) is 34.4 Å². The summed E-state index contributed by atoms with van der Waals surface area (Å²) in [5.41, 5.74) is 0. The van der Waals surface area contributed by atoms with Crippen molar-refractivity contribution < 1.29 is 37.3 Å². The first-order valence-corrected chi connectivity index (χ1v) is 28.9. The molecular weight excluding hydrogens is 806 g/mol. The van der Waals surface area contributed by atoms with Gasteiger partial charge in [-0.1, -0.05) is 238 Å². The van der Waals surface area contributed by atoms with E-state index in [4.69, 9.17) is 18.5 Å². The highest BCUT2D eigenvalue weighted by molar-refractivity contribution is 7.45. The topological polar surface area (TPSA) is 94.1 Å². The zero-order chi connectivity index (χ0) is 46.2. The summed E-state index contributed by atoms with van der Waals surface area (Å²) >= 11 is 0. The van der Waals surface area contributed by atoms with Crippen LogP contribution in [0.5, 0.6) is 0 Å². The van der Waals surface area contributed by atoms with Gasteiger partial charge in [-0.2, -0.15) is 0 Å². The van der Waals surface area contributed by atoms with Crippen LogP contribution in [-0.2, 0) is 27.9 Å². The quantitative estimate of drug-likeness (QED) is 0.0197. The fourth-order valence-electron chi connectivity index (χ4n) is 8.07. The van der Waals surface area contributed by atoms with Crippen molar-refractivity contribution in [2.24, 2.45) is 0 Å². The van der Waals surface area contributed by atoms with Gasteiger partial charge in [0, 0.05) is 13.0 Å². The van der Waals surface area contributed by atoms with Crippen LogP contribution in [0.2, 0.25) is 0 Å². The summed E-state index contributed by atoms with van der Waals surface area (Å²) in [5, 5.41) is 0. The maximum absolute atomic E-state index is 12.7. The molecule has 0 rings (SSSR count). The fourth-order valence-corrected chi connectivity index (χ4v) is 8.80. The molecule has 0 aliphatic rings. The van der Waals surface area contributed by atoms with Gasteiger partial charge in [-0.15, -0.1) is 0 Å². The molecule has 0 heterocycles. The molecule has 0 aromatic rings. The number of phosphoric acid groups is 1. The maximum atomic E-state index is 12.7. The number of nitrogens with zero attached hydrogens (tertiary/aromatic N) is 1. The molecule has 0 saturated heterocycles. The van der Waals surface area contributed by atoms with Gasteiger partial charge in [-0.05, 0) is 38.5 Å². The van der Waals surface area contributed by atoms with Crippen LogP contribution in [0.3, 0.4) is 0 Å². The summed E-state index contributed by atoms with van der Waals surface area (Å²) in [6.07, 6.45) is 55.3. The number of ether oxygens (including phenoxy) is 2. The van der Waals surface area contributed by atoms with Crippen molar-refractivity contribution >= 4 is 13.8 Å². The predicted octanol–water partition coefficient (Wildman–Crippen LogP) is 16.3. The molecule has 0 bridgehead atoms. The average Bonchev–Trinajstić information content (AvgIpc) is 3.24. The lowest BCUT2D eigenvalue weighted by Crippen LogP contribution is -2.37. The van der Waals surface area contributed by atoms with Crippen molar-refractivity contribution in [3.8, 4) is 0 Å². The van der Waals surface area contributed by atoms with Gasteiger partial charge in [0.1, 0.15) is 19.3 Å². The number of quaternary nitrogens is 1. The number of carbonyl (C=O) groups is 1. The SMILES string of the molecule is CCCCCCCC/C=C\CCCCCCCCCC(=O)OC(COCCCCCCCCCCCCCCCCCCCCCCCCCC)COP(=O)([O-])OCC[N+](C)(C)C. The first-order valence-electron chi connectivity index (χ1n) is 27.4. The molecule has 0 aliphatic carbocycles. The van der Waals surface area contributed by atoms with Crippen molar-refractivity contribution in [2.75, 3.05) is 54.1 Å². The zero-order valence-electron chi connectivity index (χ0n) is 42.8. The molecule has 0 amide bonds. The van der Waals surface area contributed by atoms with Crippen LogP contribution in [0.4, 0.5) is 0 Å². The summed E-state index contributed by atoms with van der Waals surface area (Å²) in [7, 11) is 1.37. The fraction of sp³-hybridized carbons (Fsp3) is 0.944. The van der Waals surface area contributed by atoms with Crippen LogP contribution in [0.25, 0.3) is 0 Å². The van der Waals surface area contributed by atoms with E-state index in [0.29, 0.717) is 24.1 Å². The normalized spacial score (nSPS) is 13.6. The summed E-state index contributed by atoms with van der Waals surface area (Å²) in [4.78, 5) is 25.2. The molecule has 0 aromatic heterocycles. The molecule has 2 unspecified atom stereocenters. The van der Waals surface area contributed by atoms with E-state index >= 15 is 0 Å². The number of phosphoric ester groups is 1. The highest BCUT2D eigenvalue weighted by atomic mass is 31.2. The molecule has 0 fully saturated rings. The monoisotopic (exact) mass is 914 g/mol. The molecule has 0 radical (unpaired) electrons. The molecular formula is C54H108NO7P. The van der Waals surface area contributed by atoms with Crippen molar-refractivity contribution in [1.82, 2.24) is 0 Å². The molecule has 0 aromatic carbocycles. The summed E-state index contributed by atoms with van der Waals surface area (Å²) < 4.78 is 34.8. The van der Waals surface area contributed by atoms with Crippen LogP contribution in [0, 0.1) is 0 Å². The third kappa shape index (κ3) is 52.1. The van der Waals surface area contributed by atoms with Crippen molar-refractivity contribution in [3.05, 3.63) is 12.2 Å². The smallest absolute Gasteiger partial charge is 0.306 e. The molecule has 63 heavy (non-hydrogen) atoms. The molecule has 0 saturated carbocycles. The maximum Gasteiger partial charge on any atom is 0.306 e. The van der Waals surface area contributed by atoms with Gasteiger partial charge >= 0.3 is 5.97 Å². The largest absolute Gasteiger partial charge is 0.756 e. The van der Waals surface area contributed by atoms with Gasteiger partial charge in [0.15, 0.2) is 0 Å². The Bertz CT molecular complexity index is 1020. The number of rotatable bonds is 52. The van der Waals surface area contributed by atoms with E-state index in [2.05, 4.69) is 26.0 Å². The standard InChI is InChI=1S/C54H108NO7P/c1-6-8-10-12-14-16-18-20-22-24-25-26-27-28-29-30-32-34-36-38-40-42-44-46-49-59-51-53(52-61-63(57,58)60-50-48-55(3,4)5)62-54(56)47-45-43-41-39-37-35-33-31-23-21-19-17-15-13-11-9-7-2/h21,23,53H,6-20,22,24-52H2,1-5H3/b23-21-. The Morgan fingerprint density at radius 2 is 0.825 bits per heavy atom. The Balaban J connectivity index is 4.04. The van der Waals surface area contributed by atoms with E-state index < -0.39 is 13.9 Å². The number of likely N-dealkylation sites (N-methyl/N-ethyl adjacent to an activating group) is 1. The van der Waals surface area contributed by atoms with Crippen LogP contribution < -0.4 is 4.89 Å². The second kappa shape index (κ2) is 47.7. The molecule has 0 N–H and O–H groups in total. The predicted molar refractivity (Wildman–Crippen MR) is 268 cm³/mol. The Kier molecular flexibility index (Phi) is 47.1. The Hall–Kier alpha value is -0.760. The van der Waals surface area contributed by atoms with E-state index in [1.165, 1.54) is 218 Å². The van der Waals surface area contributed by atoms with Crippen LogP contribution in [0.1, 0.15) is 271 Å². The van der Waals surface area contributed by atoms with Crippen molar-refractivity contribution in [3.63, 3.8) is 0 Å². The van der Waals surface area contributed by atoms with E-state index in [1.807, 2.05) is 21.1 Å². The lowest BCUT2D eigenvalue weighted by atomic mass is 10.0. The Morgan fingerprint density at radius 1 is 0.476 bits per heavy atom. The van der Waals surface area contributed by atoms with Gasteiger partial charge in [0.2, 0.25) is 0 Å². The second-order valence-corrected chi connectivity index (χ2v) is 21.4. The summed E-state index contributed by atoms with van der Waals surface area (Å²) in [6, 6.07) is 0. The van der Waals surface area contributed by atoms with Gasteiger partial charge in [-0.25, -0.2) is 0 Å². The lowest BCUT2D eigenvalue weighted by molar-refractivity contribution is -0.870. The minimum Gasteiger partial charge on any atom is -0.756 e. The minimum absolute atomic E-state index is 0.0289. The number of hydrogen-bond donors (Lipinski definition) is 0. The zero-order valence-corrected chi connectivity index (χ0v) is 43.7. The van der Waals surface area contributed by atoms with E-state index in [9.17, 15) is 14.3 Å². The van der Waals surface area contributed by atoms with Crippen LogP contribution >= 0.6 is 7.82 Å². The van der Waals surface area contributed by atoms with E-state index in [0.717, 1.165) is 32.1 Å². The lowest BCUT2D eigenvalue weighted by Gasteiger charge is -2.28. The van der Waals surface area contributed by atoms with Crippen molar-refractivity contribution in [2.45, 2.75) is 277 Å². The summed E-state index contributed by atoms with van der Waals surface area (Å²) in [5.74, 6) is -0.332. The molecule has 376 valence electrons. The number of allylic oxidation sites excluding steroid dienone is 2. The Morgan fingerprint density at radius 3 is 1.21 bits per heavy atom.